The van der Waals surface area contributed by atoms with E-state index in [1.807, 2.05) is 12.1 Å². The van der Waals surface area contributed by atoms with Crippen LogP contribution in [0.4, 0.5) is 5.69 Å². The van der Waals surface area contributed by atoms with Gasteiger partial charge in [0.25, 0.3) is 0 Å². The van der Waals surface area contributed by atoms with Crippen LogP contribution in [0.1, 0.15) is 46.0 Å². The maximum absolute atomic E-state index is 11.4. The minimum Gasteiger partial charge on any atom is -0.325 e. The maximum atomic E-state index is 11.4. The quantitative estimate of drug-likeness (QED) is 0.424. The summed E-state index contributed by atoms with van der Waals surface area (Å²) < 4.78 is 0. The van der Waals surface area contributed by atoms with E-state index in [0.717, 1.165) is 18.5 Å². The fourth-order valence-corrected chi connectivity index (χ4v) is 1.37. The molecule has 0 aliphatic carbocycles. The van der Waals surface area contributed by atoms with E-state index in [4.69, 9.17) is 5.21 Å². The first-order valence-corrected chi connectivity index (χ1v) is 6.70. The van der Waals surface area contributed by atoms with Crippen molar-refractivity contribution in [2.45, 2.75) is 46.0 Å². The van der Waals surface area contributed by atoms with Crippen molar-refractivity contribution in [1.29, 1.82) is 0 Å². The Morgan fingerprint density at radius 1 is 1.30 bits per heavy atom. The van der Waals surface area contributed by atoms with Gasteiger partial charge in [0.1, 0.15) is 0 Å². The number of carbonyl (C=O) groups is 2. The lowest BCUT2D eigenvalue weighted by Crippen LogP contribution is -2.12. The van der Waals surface area contributed by atoms with Crippen molar-refractivity contribution in [3.63, 3.8) is 0 Å². The lowest BCUT2D eigenvalue weighted by atomic mass is 10.1. The molecule has 0 aliphatic rings. The Labute approximate surface area is 119 Å². The van der Waals surface area contributed by atoms with Gasteiger partial charge in [-0.15, -0.1) is 0 Å². The van der Waals surface area contributed by atoms with E-state index in [1.54, 1.807) is 12.4 Å². The molecule has 0 aromatic carbocycles. The lowest BCUT2D eigenvalue weighted by Gasteiger charge is -2.03. The molecule has 3 N–H and O–H groups in total. The largest absolute Gasteiger partial charge is 0.325 e. The van der Waals surface area contributed by atoms with Crippen LogP contribution in [0, 0.1) is 0 Å². The van der Waals surface area contributed by atoms with E-state index in [9.17, 15) is 9.59 Å². The van der Waals surface area contributed by atoms with Gasteiger partial charge in [0, 0.05) is 19.5 Å². The predicted octanol–water partition coefficient (Wildman–Crippen LogP) is 2.50. The van der Waals surface area contributed by atoms with Crippen LogP contribution in [0.15, 0.2) is 24.5 Å². The molecule has 0 unspecified atom stereocenters. The number of hydrogen-bond acceptors (Lipinski definition) is 4. The third kappa shape index (κ3) is 11.2. The van der Waals surface area contributed by atoms with Crippen LogP contribution in [0.5, 0.6) is 0 Å². The molecule has 112 valence electrons. The van der Waals surface area contributed by atoms with E-state index >= 15 is 0 Å². The first-order valence-electron chi connectivity index (χ1n) is 6.70. The molecule has 1 heterocycles. The minimum absolute atomic E-state index is 0.0825. The number of aromatic nitrogens is 1. The molecule has 1 rings (SSSR count). The summed E-state index contributed by atoms with van der Waals surface area (Å²) in [6.07, 6.45) is 8.47. The van der Waals surface area contributed by atoms with Crippen molar-refractivity contribution in [2.24, 2.45) is 0 Å². The molecule has 0 bridgehead atoms. The molecule has 6 heteroatoms. The van der Waals surface area contributed by atoms with E-state index in [1.165, 1.54) is 25.2 Å². The Hall–Kier alpha value is -1.95. The normalized spacial score (nSPS) is 9.15. The number of anilines is 1. The fourth-order valence-electron chi connectivity index (χ4n) is 1.37. The van der Waals surface area contributed by atoms with Crippen molar-refractivity contribution in [3.05, 3.63) is 24.5 Å². The molecule has 0 saturated heterocycles. The standard InChI is InChI=1S/C12H18N2O.C2H5NO2/c1-2-3-4-5-8-12(15)14-11-7-6-9-13-10-11;1-2(4)3-5/h6-7,9-10H,2-5,8H2,1H3,(H,14,15);5H,1H3,(H,3,4). The second-order valence-electron chi connectivity index (χ2n) is 4.27. The van der Waals surface area contributed by atoms with Crippen molar-refractivity contribution < 1.29 is 14.8 Å². The van der Waals surface area contributed by atoms with Gasteiger partial charge in [-0.3, -0.25) is 19.8 Å². The third-order valence-electron chi connectivity index (χ3n) is 2.36. The molecule has 1 aromatic rings. The molecule has 1 aromatic heterocycles. The average Bonchev–Trinajstić information content (AvgIpc) is 2.45. The van der Waals surface area contributed by atoms with Crippen molar-refractivity contribution in [3.8, 4) is 0 Å². The smallest absolute Gasteiger partial charge is 0.240 e. The van der Waals surface area contributed by atoms with Gasteiger partial charge < -0.3 is 5.32 Å². The molecule has 2 amide bonds. The van der Waals surface area contributed by atoms with Gasteiger partial charge in [-0.2, -0.15) is 0 Å². The van der Waals surface area contributed by atoms with Crippen LogP contribution in [-0.4, -0.2) is 22.0 Å². The molecule has 20 heavy (non-hydrogen) atoms. The summed E-state index contributed by atoms with van der Waals surface area (Å²) in [5.41, 5.74) is 2.16. The molecule has 0 atom stereocenters. The Bertz CT molecular complexity index is 383. The third-order valence-corrected chi connectivity index (χ3v) is 2.36. The number of pyridine rings is 1. The Morgan fingerprint density at radius 3 is 2.50 bits per heavy atom. The second kappa shape index (κ2) is 12.1. The fraction of sp³-hybridized carbons (Fsp3) is 0.500. The summed E-state index contributed by atoms with van der Waals surface area (Å²) in [6.45, 7) is 3.38. The summed E-state index contributed by atoms with van der Waals surface area (Å²) in [6, 6.07) is 3.66. The van der Waals surface area contributed by atoms with E-state index < -0.39 is 5.91 Å². The second-order valence-corrected chi connectivity index (χ2v) is 4.27. The van der Waals surface area contributed by atoms with Crippen LogP contribution in [0.3, 0.4) is 0 Å². The first kappa shape index (κ1) is 18.0. The van der Waals surface area contributed by atoms with Crippen LogP contribution in [0.25, 0.3) is 0 Å². The van der Waals surface area contributed by atoms with Crippen molar-refractivity contribution in [1.82, 2.24) is 10.5 Å². The summed E-state index contributed by atoms with van der Waals surface area (Å²) in [5.74, 6) is -0.357. The molecule has 0 radical (unpaired) electrons. The van der Waals surface area contributed by atoms with E-state index in [2.05, 4.69) is 17.2 Å². The van der Waals surface area contributed by atoms with Gasteiger partial charge in [-0.1, -0.05) is 26.2 Å². The zero-order chi connectivity index (χ0) is 15.2. The van der Waals surface area contributed by atoms with Crippen molar-refractivity contribution >= 4 is 17.5 Å². The number of unbranched alkanes of at least 4 members (excludes halogenated alkanes) is 3. The Balaban J connectivity index is 0.000000621. The summed E-state index contributed by atoms with van der Waals surface area (Å²) in [7, 11) is 0. The molecule has 6 nitrogen and oxygen atoms in total. The molecular formula is C14H23N3O3. The lowest BCUT2D eigenvalue weighted by molar-refractivity contribution is -0.126. The number of hydrogen-bond donors (Lipinski definition) is 3. The van der Waals surface area contributed by atoms with Crippen LogP contribution >= 0.6 is 0 Å². The summed E-state index contributed by atoms with van der Waals surface area (Å²) >= 11 is 0. The van der Waals surface area contributed by atoms with Crippen LogP contribution in [-0.2, 0) is 9.59 Å². The highest BCUT2D eigenvalue weighted by molar-refractivity contribution is 5.90. The predicted molar refractivity (Wildman–Crippen MR) is 77.2 cm³/mol. The highest BCUT2D eigenvalue weighted by Gasteiger charge is 2.01. The maximum Gasteiger partial charge on any atom is 0.240 e. The van der Waals surface area contributed by atoms with E-state index in [0.29, 0.717) is 6.42 Å². The Kier molecular flexibility index (Phi) is 10.9. The highest BCUT2D eigenvalue weighted by Crippen LogP contribution is 2.06. The first-order chi connectivity index (χ1) is 9.60. The molecule has 0 spiro atoms. The van der Waals surface area contributed by atoms with Gasteiger partial charge in [-0.05, 0) is 18.6 Å². The zero-order valence-corrected chi connectivity index (χ0v) is 12.1. The number of amides is 2. The van der Waals surface area contributed by atoms with Gasteiger partial charge in [0.2, 0.25) is 11.8 Å². The summed E-state index contributed by atoms with van der Waals surface area (Å²) in [5, 5.41) is 10.4. The number of nitrogens with one attached hydrogen (secondary N) is 2. The van der Waals surface area contributed by atoms with Gasteiger partial charge in [0.15, 0.2) is 0 Å². The van der Waals surface area contributed by atoms with E-state index in [-0.39, 0.29) is 5.91 Å². The van der Waals surface area contributed by atoms with Crippen LogP contribution < -0.4 is 10.8 Å². The number of carbonyl (C=O) groups excluding carboxylic acids is 2. The topological polar surface area (TPSA) is 91.3 Å². The monoisotopic (exact) mass is 281 g/mol. The van der Waals surface area contributed by atoms with Gasteiger partial charge in [0.05, 0.1) is 11.9 Å². The average molecular weight is 281 g/mol. The summed E-state index contributed by atoms with van der Waals surface area (Å²) in [4.78, 5) is 24.8. The number of rotatable bonds is 6. The van der Waals surface area contributed by atoms with Crippen molar-refractivity contribution in [2.75, 3.05) is 5.32 Å². The molecule has 0 fully saturated rings. The molecular weight excluding hydrogens is 258 g/mol. The molecule has 0 saturated carbocycles. The number of hydroxylamine groups is 1. The van der Waals surface area contributed by atoms with Crippen LogP contribution in [0.2, 0.25) is 0 Å². The van der Waals surface area contributed by atoms with Gasteiger partial charge >= 0.3 is 0 Å². The number of nitrogens with zero attached hydrogens (tertiary/aromatic N) is 1. The zero-order valence-electron chi connectivity index (χ0n) is 12.1. The van der Waals surface area contributed by atoms with Gasteiger partial charge in [-0.25, -0.2) is 5.48 Å². The SMILES string of the molecule is CC(=O)NO.CCCCCCC(=O)Nc1cccnc1. The Morgan fingerprint density at radius 2 is 2.00 bits per heavy atom. The molecule has 0 aliphatic heterocycles. The minimum atomic E-state index is -0.440. The highest BCUT2D eigenvalue weighted by atomic mass is 16.5.